The molecule has 0 saturated carbocycles. The normalized spacial score (nSPS) is 13.8. The highest BCUT2D eigenvalue weighted by Gasteiger charge is 1.94. The third kappa shape index (κ3) is 0.812. The molecule has 1 unspecified atom stereocenters. The molecule has 0 aliphatic heterocycles. The van der Waals surface area contributed by atoms with Crippen molar-refractivity contribution in [2.24, 2.45) is 5.73 Å². The molecule has 0 spiro atoms. The number of hydrogen-bond donors (Lipinski definition) is 1. The molecule has 0 aliphatic carbocycles. The van der Waals surface area contributed by atoms with Crippen LogP contribution in [0.15, 0.2) is 6.33 Å². The van der Waals surface area contributed by atoms with Gasteiger partial charge in [-0.3, -0.25) is 0 Å². The Morgan fingerprint density at radius 2 is 2.50 bits per heavy atom. The first-order chi connectivity index (χ1) is 3.80. The van der Waals surface area contributed by atoms with Gasteiger partial charge in [0.25, 0.3) is 0 Å². The highest BCUT2D eigenvalue weighted by molar-refractivity contribution is 4.50. The number of nitrogens with zero attached hydrogens (tertiary/aromatic N) is 4. The van der Waals surface area contributed by atoms with E-state index in [0.29, 0.717) is 0 Å². The fourth-order valence-electron chi connectivity index (χ4n) is 0.355. The van der Waals surface area contributed by atoms with Gasteiger partial charge < -0.3 is 5.73 Å². The van der Waals surface area contributed by atoms with Crippen LogP contribution in [0.1, 0.15) is 13.1 Å². The molecule has 2 N–H and O–H groups in total. The van der Waals surface area contributed by atoms with Crippen LogP contribution >= 0.6 is 0 Å². The monoisotopic (exact) mass is 113 g/mol. The first-order valence-electron chi connectivity index (χ1n) is 2.29. The van der Waals surface area contributed by atoms with Crippen LogP contribution < -0.4 is 5.73 Å². The molecule has 5 nitrogen and oxygen atoms in total. The third-order valence-corrected chi connectivity index (χ3v) is 0.782. The number of tetrazole rings is 1. The van der Waals surface area contributed by atoms with Gasteiger partial charge in [-0.2, -0.15) is 0 Å². The minimum Gasteiger partial charge on any atom is -0.310 e. The fraction of sp³-hybridized carbons (Fsp3) is 0.667. The van der Waals surface area contributed by atoms with Crippen molar-refractivity contribution >= 4 is 0 Å². The molecular weight excluding hydrogens is 106 g/mol. The van der Waals surface area contributed by atoms with E-state index in [1.165, 1.54) is 11.0 Å². The second-order valence-electron chi connectivity index (χ2n) is 1.53. The minimum absolute atomic E-state index is 0.134. The van der Waals surface area contributed by atoms with Crippen molar-refractivity contribution in [1.82, 2.24) is 20.2 Å². The molecule has 0 amide bonds. The summed E-state index contributed by atoms with van der Waals surface area (Å²) < 4.78 is 1.47. The van der Waals surface area contributed by atoms with Crippen LogP contribution in [0.4, 0.5) is 0 Å². The number of hydrogen-bond acceptors (Lipinski definition) is 4. The molecule has 0 aromatic carbocycles. The molecule has 1 heterocycles. The van der Waals surface area contributed by atoms with E-state index < -0.39 is 0 Å². The Balaban J connectivity index is 2.77. The summed E-state index contributed by atoms with van der Waals surface area (Å²) in [5.41, 5.74) is 5.38. The molecule has 0 bridgehead atoms. The van der Waals surface area contributed by atoms with E-state index in [1.807, 2.05) is 0 Å². The van der Waals surface area contributed by atoms with Gasteiger partial charge >= 0.3 is 0 Å². The summed E-state index contributed by atoms with van der Waals surface area (Å²) in [6, 6.07) is 0. The van der Waals surface area contributed by atoms with E-state index in [9.17, 15) is 0 Å². The average Bonchev–Trinajstić information content (AvgIpc) is 2.12. The molecule has 0 fully saturated rings. The highest BCUT2D eigenvalue weighted by Crippen LogP contribution is 1.86. The lowest BCUT2D eigenvalue weighted by atomic mass is 10.6. The predicted octanol–water partition coefficient (Wildman–Crippen LogP) is -0.850. The van der Waals surface area contributed by atoms with E-state index in [2.05, 4.69) is 15.5 Å². The second kappa shape index (κ2) is 1.87. The second-order valence-corrected chi connectivity index (χ2v) is 1.53. The van der Waals surface area contributed by atoms with Crippen molar-refractivity contribution < 1.29 is 0 Å². The smallest absolute Gasteiger partial charge is 0.139 e. The van der Waals surface area contributed by atoms with Crippen LogP contribution in [-0.4, -0.2) is 20.2 Å². The molecule has 1 atom stereocenters. The zero-order valence-corrected chi connectivity index (χ0v) is 4.52. The van der Waals surface area contributed by atoms with Crippen LogP contribution in [0.2, 0.25) is 0 Å². The minimum atomic E-state index is -0.134. The van der Waals surface area contributed by atoms with Gasteiger partial charge in [0.1, 0.15) is 6.33 Å². The number of rotatable bonds is 1. The molecule has 5 heteroatoms. The lowest BCUT2D eigenvalue weighted by molar-refractivity contribution is 0.493. The Hall–Kier alpha value is -0.970. The van der Waals surface area contributed by atoms with Gasteiger partial charge in [-0.25, -0.2) is 4.68 Å². The van der Waals surface area contributed by atoms with Crippen LogP contribution in [-0.2, 0) is 0 Å². The van der Waals surface area contributed by atoms with Gasteiger partial charge in [-0.05, 0) is 17.4 Å². The van der Waals surface area contributed by atoms with E-state index in [0.717, 1.165) is 0 Å². The zero-order chi connectivity index (χ0) is 5.98. The summed E-state index contributed by atoms with van der Waals surface area (Å²) in [5, 5.41) is 10.3. The van der Waals surface area contributed by atoms with Gasteiger partial charge in [0.2, 0.25) is 0 Å². The van der Waals surface area contributed by atoms with Crippen LogP contribution in [0.5, 0.6) is 0 Å². The van der Waals surface area contributed by atoms with E-state index in [1.54, 1.807) is 6.92 Å². The lowest BCUT2D eigenvalue weighted by Crippen LogP contribution is -2.14. The van der Waals surface area contributed by atoms with Crippen molar-refractivity contribution in [3.05, 3.63) is 6.33 Å². The van der Waals surface area contributed by atoms with Crippen molar-refractivity contribution in [2.75, 3.05) is 0 Å². The van der Waals surface area contributed by atoms with Crippen molar-refractivity contribution in [2.45, 2.75) is 13.1 Å². The quantitative estimate of drug-likeness (QED) is 0.515. The Bertz CT molecular complexity index is 143. The van der Waals surface area contributed by atoms with E-state index in [-0.39, 0.29) is 6.17 Å². The fourth-order valence-corrected chi connectivity index (χ4v) is 0.355. The Labute approximate surface area is 46.5 Å². The summed E-state index contributed by atoms with van der Waals surface area (Å²) >= 11 is 0. The maximum Gasteiger partial charge on any atom is 0.139 e. The molecule has 8 heavy (non-hydrogen) atoms. The molecule has 0 saturated heterocycles. The van der Waals surface area contributed by atoms with Crippen LogP contribution in [0.3, 0.4) is 0 Å². The molecule has 0 radical (unpaired) electrons. The summed E-state index contributed by atoms with van der Waals surface area (Å²) in [4.78, 5) is 0. The third-order valence-electron chi connectivity index (χ3n) is 0.782. The Kier molecular flexibility index (Phi) is 1.21. The molecule has 44 valence electrons. The Morgan fingerprint density at radius 3 is 2.75 bits per heavy atom. The maximum absolute atomic E-state index is 5.38. The zero-order valence-electron chi connectivity index (χ0n) is 4.52. The first kappa shape index (κ1) is 5.17. The van der Waals surface area contributed by atoms with Gasteiger partial charge in [0.05, 0.1) is 6.17 Å². The molecule has 1 aromatic heterocycles. The largest absolute Gasteiger partial charge is 0.310 e. The summed E-state index contributed by atoms with van der Waals surface area (Å²) in [7, 11) is 0. The van der Waals surface area contributed by atoms with Crippen LogP contribution in [0, 0.1) is 0 Å². The Morgan fingerprint density at radius 1 is 1.75 bits per heavy atom. The van der Waals surface area contributed by atoms with Gasteiger partial charge in [-0.15, -0.1) is 5.10 Å². The molecule has 1 aromatic rings. The standard InChI is InChI=1S/C3H7N5/c1-3(4)8-2-5-6-7-8/h2-3H,4H2,1H3. The lowest BCUT2D eigenvalue weighted by Gasteiger charge is -1.98. The van der Waals surface area contributed by atoms with Crippen LogP contribution in [0.25, 0.3) is 0 Å². The number of aromatic nitrogens is 4. The SMILES string of the molecule is CC(N)n1cnnn1. The predicted molar refractivity (Wildman–Crippen MR) is 26.7 cm³/mol. The highest BCUT2D eigenvalue weighted by atomic mass is 15.5. The van der Waals surface area contributed by atoms with Gasteiger partial charge in [0, 0.05) is 0 Å². The van der Waals surface area contributed by atoms with Crippen molar-refractivity contribution in [1.29, 1.82) is 0 Å². The van der Waals surface area contributed by atoms with Crippen molar-refractivity contribution in [3.63, 3.8) is 0 Å². The maximum atomic E-state index is 5.38. The van der Waals surface area contributed by atoms with E-state index >= 15 is 0 Å². The topological polar surface area (TPSA) is 69.6 Å². The first-order valence-corrected chi connectivity index (χ1v) is 2.29. The van der Waals surface area contributed by atoms with E-state index in [4.69, 9.17) is 5.73 Å². The van der Waals surface area contributed by atoms with Gasteiger partial charge in [0.15, 0.2) is 0 Å². The molecular formula is C3H7N5. The van der Waals surface area contributed by atoms with Gasteiger partial charge in [-0.1, -0.05) is 0 Å². The number of nitrogens with two attached hydrogens (primary N) is 1. The summed E-state index contributed by atoms with van der Waals surface area (Å²) in [6.07, 6.45) is 1.34. The molecule has 1 rings (SSSR count). The average molecular weight is 113 g/mol. The van der Waals surface area contributed by atoms with Crippen molar-refractivity contribution in [3.8, 4) is 0 Å². The summed E-state index contributed by atoms with van der Waals surface area (Å²) in [6.45, 7) is 1.80. The summed E-state index contributed by atoms with van der Waals surface area (Å²) in [5.74, 6) is 0. The molecule has 0 aliphatic rings.